The number of aromatic nitrogens is 1. The number of ether oxygens (including phenoxy) is 2. The highest BCUT2D eigenvalue weighted by Gasteiger charge is 2.05. The molecule has 0 aliphatic carbocycles. The van der Waals surface area contributed by atoms with Crippen molar-refractivity contribution >= 4 is 16.7 Å². The monoisotopic (exact) mass is 398 g/mol. The van der Waals surface area contributed by atoms with Gasteiger partial charge in [0.1, 0.15) is 12.4 Å². The molecule has 3 aromatic carbocycles. The second-order valence-electron chi connectivity index (χ2n) is 6.85. The minimum absolute atomic E-state index is 0.0409. The lowest BCUT2D eigenvalue weighted by molar-refractivity contribution is -0.123. The molecule has 0 bridgehead atoms. The predicted octanol–water partition coefficient (Wildman–Crippen LogP) is 4.51. The van der Waals surface area contributed by atoms with Crippen molar-refractivity contribution in [2.45, 2.75) is 13.2 Å². The van der Waals surface area contributed by atoms with Gasteiger partial charge in [-0.05, 0) is 40.1 Å². The maximum atomic E-state index is 12.2. The zero-order valence-electron chi connectivity index (χ0n) is 16.5. The molecule has 150 valence electrons. The Labute approximate surface area is 175 Å². The molecule has 0 fully saturated rings. The second kappa shape index (κ2) is 9.56. The fourth-order valence-electron chi connectivity index (χ4n) is 3.03. The fraction of sp³-hybridized carbons (Fsp3) is 0.120. The summed E-state index contributed by atoms with van der Waals surface area (Å²) in [4.78, 5) is 16.4. The van der Waals surface area contributed by atoms with Gasteiger partial charge in [-0.2, -0.15) is 0 Å². The van der Waals surface area contributed by atoms with Crippen LogP contribution in [0.25, 0.3) is 10.8 Å². The third-order valence-electron chi connectivity index (χ3n) is 4.61. The molecule has 1 heterocycles. The Hall–Kier alpha value is -3.86. The fourth-order valence-corrected chi connectivity index (χ4v) is 3.03. The smallest absolute Gasteiger partial charge is 0.258 e. The van der Waals surface area contributed by atoms with Crippen molar-refractivity contribution in [1.29, 1.82) is 0 Å². The quantitative estimate of drug-likeness (QED) is 0.474. The predicted molar refractivity (Wildman–Crippen MR) is 116 cm³/mol. The number of benzene rings is 3. The zero-order chi connectivity index (χ0) is 20.6. The van der Waals surface area contributed by atoms with Crippen LogP contribution in [0, 0.1) is 0 Å². The highest BCUT2D eigenvalue weighted by atomic mass is 16.5. The summed E-state index contributed by atoms with van der Waals surface area (Å²) in [5.41, 5.74) is 1.98. The summed E-state index contributed by atoms with van der Waals surface area (Å²) in [5, 5.41) is 5.08. The molecule has 1 aromatic heterocycles. The maximum absolute atomic E-state index is 12.2. The number of nitrogens with zero attached hydrogens (tertiary/aromatic N) is 1. The van der Waals surface area contributed by atoms with Gasteiger partial charge in [-0.3, -0.25) is 4.79 Å². The molecule has 0 radical (unpaired) electrons. The minimum atomic E-state index is -0.188. The number of pyridine rings is 1. The molecule has 0 aliphatic rings. The van der Waals surface area contributed by atoms with Crippen LogP contribution >= 0.6 is 0 Å². The van der Waals surface area contributed by atoms with E-state index in [4.69, 9.17) is 9.47 Å². The summed E-state index contributed by atoms with van der Waals surface area (Å²) < 4.78 is 11.4. The number of amides is 1. The first-order valence-electron chi connectivity index (χ1n) is 9.76. The molecule has 0 spiro atoms. The van der Waals surface area contributed by atoms with E-state index >= 15 is 0 Å². The summed E-state index contributed by atoms with van der Waals surface area (Å²) in [5.74, 6) is 1.01. The summed E-state index contributed by atoms with van der Waals surface area (Å²) in [6.45, 7) is 0.786. The van der Waals surface area contributed by atoms with E-state index in [9.17, 15) is 4.79 Å². The molecule has 4 aromatic rings. The van der Waals surface area contributed by atoms with E-state index < -0.39 is 0 Å². The molecule has 30 heavy (non-hydrogen) atoms. The van der Waals surface area contributed by atoms with Gasteiger partial charge >= 0.3 is 0 Å². The van der Waals surface area contributed by atoms with Crippen LogP contribution in [0.15, 0.2) is 91.1 Å². The highest BCUT2D eigenvalue weighted by molar-refractivity contribution is 5.84. The molecular formula is C25H22N2O3. The minimum Gasteiger partial charge on any atom is -0.484 e. The number of nitrogens with one attached hydrogen (secondary N) is 1. The van der Waals surface area contributed by atoms with Crippen LogP contribution in [0.5, 0.6) is 11.6 Å². The average Bonchev–Trinajstić information content (AvgIpc) is 2.81. The van der Waals surface area contributed by atoms with Crippen LogP contribution < -0.4 is 14.8 Å². The Bertz CT molecular complexity index is 1130. The summed E-state index contributed by atoms with van der Waals surface area (Å²) in [6, 6.07) is 27.4. The summed E-state index contributed by atoms with van der Waals surface area (Å²) in [6.07, 6.45) is 1.67. The number of carbonyl (C=O) groups excluding carboxylic acids is 1. The van der Waals surface area contributed by atoms with Crippen LogP contribution in [-0.2, 0) is 17.9 Å². The molecular weight excluding hydrogens is 376 g/mol. The van der Waals surface area contributed by atoms with E-state index in [1.165, 1.54) is 0 Å². The van der Waals surface area contributed by atoms with Crippen molar-refractivity contribution in [2.75, 3.05) is 6.61 Å². The third kappa shape index (κ3) is 5.35. The van der Waals surface area contributed by atoms with Crippen molar-refractivity contribution in [3.05, 3.63) is 102 Å². The SMILES string of the molecule is O=C(COc1ccc2ccccc2c1)NCc1ccnc(OCc2ccccc2)c1. The van der Waals surface area contributed by atoms with Gasteiger partial charge in [-0.15, -0.1) is 0 Å². The molecule has 5 nitrogen and oxygen atoms in total. The summed E-state index contributed by atoms with van der Waals surface area (Å²) in [7, 11) is 0. The molecule has 1 amide bonds. The van der Waals surface area contributed by atoms with Gasteiger partial charge in [0, 0.05) is 18.8 Å². The van der Waals surface area contributed by atoms with Crippen LogP contribution in [0.4, 0.5) is 0 Å². The zero-order valence-corrected chi connectivity index (χ0v) is 16.5. The Morgan fingerprint density at radius 3 is 2.47 bits per heavy atom. The van der Waals surface area contributed by atoms with E-state index in [2.05, 4.69) is 10.3 Å². The lowest BCUT2D eigenvalue weighted by Crippen LogP contribution is -2.28. The van der Waals surface area contributed by atoms with Gasteiger partial charge in [-0.25, -0.2) is 4.98 Å². The van der Waals surface area contributed by atoms with Crippen molar-refractivity contribution in [1.82, 2.24) is 10.3 Å². The lowest BCUT2D eigenvalue weighted by atomic mass is 10.1. The van der Waals surface area contributed by atoms with Gasteiger partial charge in [-0.1, -0.05) is 60.7 Å². The normalized spacial score (nSPS) is 10.5. The highest BCUT2D eigenvalue weighted by Crippen LogP contribution is 2.20. The number of hydrogen-bond donors (Lipinski definition) is 1. The molecule has 0 aliphatic heterocycles. The first kappa shape index (κ1) is 19.5. The van der Waals surface area contributed by atoms with Gasteiger partial charge in [0.2, 0.25) is 5.88 Å². The van der Waals surface area contributed by atoms with Gasteiger partial charge in [0.05, 0.1) is 0 Å². The van der Waals surface area contributed by atoms with Crippen molar-refractivity contribution < 1.29 is 14.3 Å². The number of carbonyl (C=O) groups is 1. The Balaban J connectivity index is 1.26. The Kier molecular flexibility index (Phi) is 6.20. The summed E-state index contributed by atoms with van der Waals surface area (Å²) >= 11 is 0. The molecule has 0 atom stereocenters. The van der Waals surface area contributed by atoms with Crippen LogP contribution in [0.2, 0.25) is 0 Å². The van der Waals surface area contributed by atoms with Crippen molar-refractivity contribution in [3.8, 4) is 11.6 Å². The second-order valence-corrected chi connectivity index (χ2v) is 6.85. The molecule has 4 rings (SSSR count). The maximum Gasteiger partial charge on any atom is 0.258 e. The van der Waals surface area contributed by atoms with Crippen LogP contribution in [-0.4, -0.2) is 17.5 Å². The third-order valence-corrected chi connectivity index (χ3v) is 4.61. The van der Waals surface area contributed by atoms with Gasteiger partial charge in [0.15, 0.2) is 6.61 Å². The van der Waals surface area contributed by atoms with E-state index in [0.717, 1.165) is 21.9 Å². The van der Waals surface area contributed by atoms with Gasteiger partial charge in [0.25, 0.3) is 5.91 Å². The molecule has 0 unspecified atom stereocenters. The lowest BCUT2D eigenvalue weighted by Gasteiger charge is -2.10. The topological polar surface area (TPSA) is 60.5 Å². The van der Waals surface area contributed by atoms with E-state index in [1.54, 1.807) is 6.20 Å². The Morgan fingerprint density at radius 1 is 0.800 bits per heavy atom. The largest absolute Gasteiger partial charge is 0.484 e. The number of rotatable bonds is 8. The molecule has 1 N–H and O–H groups in total. The average molecular weight is 398 g/mol. The first-order chi connectivity index (χ1) is 14.8. The van der Waals surface area contributed by atoms with Gasteiger partial charge < -0.3 is 14.8 Å². The number of fused-ring (bicyclic) bond motifs is 1. The van der Waals surface area contributed by atoms with Crippen LogP contribution in [0.3, 0.4) is 0 Å². The standard InChI is InChI=1S/C25H22N2O3/c28-24(18-29-23-11-10-21-8-4-5-9-22(21)15-23)27-16-20-12-13-26-25(14-20)30-17-19-6-2-1-3-7-19/h1-15H,16-18H2,(H,27,28). The van der Waals surface area contributed by atoms with E-state index in [-0.39, 0.29) is 12.5 Å². The Morgan fingerprint density at radius 2 is 1.60 bits per heavy atom. The van der Waals surface area contributed by atoms with Crippen molar-refractivity contribution in [3.63, 3.8) is 0 Å². The van der Waals surface area contributed by atoms with E-state index in [0.29, 0.717) is 24.8 Å². The molecule has 0 saturated carbocycles. The van der Waals surface area contributed by atoms with Crippen LogP contribution in [0.1, 0.15) is 11.1 Å². The molecule has 5 heteroatoms. The van der Waals surface area contributed by atoms with E-state index in [1.807, 2.05) is 84.9 Å². The number of hydrogen-bond acceptors (Lipinski definition) is 4. The van der Waals surface area contributed by atoms with Crippen molar-refractivity contribution in [2.24, 2.45) is 0 Å². The first-order valence-corrected chi connectivity index (χ1v) is 9.76. The molecule has 0 saturated heterocycles.